The first-order valence-corrected chi connectivity index (χ1v) is 6.70. The number of halogens is 1. The number of carbonyl (C=O) groups excluding carboxylic acids is 1. The van der Waals surface area contributed by atoms with Crippen molar-refractivity contribution in [3.05, 3.63) is 29.3 Å². The van der Waals surface area contributed by atoms with Gasteiger partial charge in [-0.15, -0.1) is 10.2 Å². The topological polar surface area (TPSA) is 65.2 Å². The van der Waals surface area contributed by atoms with Gasteiger partial charge >= 0.3 is 5.97 Å². The molecule has 1 aromatic carbocycles. The number of ether oxygens (including phenoxy) is 1. The minimum atomic E-state index is -0.400. The number of thioether (sulfide) groups is 1. The van der Waals surface area contributed by atoms with Crippen LogP contribution in [0.4, 0.5) is 0 Å². The lowest BCUT2D eigenvalue weighted by molar-refractivity contribution is -0.139. The molecule has 1 atom stereocenters. The molecule has 0 fully saturated rings. The second kappa shape index (κ2) is 6.08. The SMILES string of the molecule is COC(=O)[C@H](C)Sc1nnc(-c2ccc(Cl)cc2)o1. The van der Waals surface area contributed by atoms with E-state index >= 15 is 0 Å². The van der Waals surface area contributed by atoms with E-state index in [4.69, 9.17) is 16.0 Å². The molecule has 100 valence electrons. The van der Waals surface area contributed by atoms with E-state index < -0.39 is 5.25 Å². The molecule has 19 heavy (non-hydrogen) atoms. The van der Waals surface area contributed by atoms with Gasteiger partial charge in [-0.2, -0.15) is 0 Å². The van der Waals surface area contributed by atoms with Gasteiger partial charge < -0.3 is 9.15 Å². The van der Waals surface area contributed by atoms with Gasteiger partial charge in [0.05, 0.1) is 7.11 Å². The molecule has 0 aliphatic carbocycles. The summed E-state index contributed by atoms with van der Waals surface area (Å²) in [6, 6.07) is 7.05. The summed E-state index contributed by atoms with van der Waals surface area (Å²) in [5, 5.41) is 8.36. The van der Waals surface area contributed by atoms with Crippen LogP contribution >= 0.6 is 23.4 Å². The van der Waals surface area contributed by atoms with Crippen molar-refractivity contribution in [3.63, 3.8) is 0 Å². The molecule has 0 amide bonds. The zero-order chi connectivity index (χ0) is 13.8. The average molecular weight is 299 g/mol. The molecule has 0 aliphatic heterocycles. The molecule has 0 N–H and O–H groups in total. The lowest BCUT2D eigenvalue weighted by atomic mass is 10.2. The summed E-state index contributed by atoms with van der Waals surface area (Å²) in [6.07, 6.45) is 0. The van der Waals surface area contributed by atoms with Gasteiger partial charge in [0.2, 0.25) is 5.89 Å². The fourth-order valence-electron chi connectivity index (χ4n) is 1.33. The van der Waals surface area contributed by atoms with Crippen LogP contribution in [0.15, 0.2) is 33.9 Å². The third kappa shape index (κ3) is 3.48. The van der Waals surface area contributed by atoms with Gasteiger partial charge in [-0.05, 0) is 31.2 Å². The molecule has 5 nitrogen and oxygen atoms in total. The minimum Gasteiger partial charge on any atom is -0.468 e. The maximum absolute atomic E-state index is 11.3. The van der Waals surface area contributed by atoms with Gasteiger partial charge in [0.15, 0.2) is 0 Å². The van der Waals surface area contributed by atoms with Crippen LogP contribution in [0.25, 0.3) is 11.5 Å². The Kier molecular flexibility index (Phi) is 4.44. The van der Waals surface area contributed by atoms with E-state index in [-0.39, 0.29) is 5.97 Å². The van der Waals surface area contributed by atoms with Crippen LogP contribution in [0, 0.1) is 0 Å². The second-order valence-corrected chi connectivity index (χ2v) is 5.39. The summed E-state index contributed by atoms with van der Waals surface area (Å²) in [6.45, 7) is 1.71. The molecule has 7 heteroatoms. The predicted molar refractivity (Wildman–Crippen MR) is 72.1 cm³/mol. The molecule has 1 heterocycles. The quantitative estimate of drug-likeness (QED) is 0.638. The van der Waals surface area contributed by atoms with Crippen molar-refractivity contribution in [1.29, 1.82) is 0 Å². The zero-order valence-corrected chi connectivity index (χ0v) is 11.9. The largest absolute Gasteiger partial charge is 0.468 e. The number of esters is 1. The molecule has 2 aromatic rings. The fourth-order valence-corrected chi connectivity index (χ4v) is 2.17. The van der Waals surface area contributed by atoms with Gasteiger partial charge in [-0.1, -0.05) is 23.4 Å². The van der Waals surface area contributed by atoms with Gasteiger partial charge in [0.25, 0.3) is 5.22 Å². The predicted octanol–water partition coefficient (Wildman–Crippen LogP) is 3.04. The van der Waals surface area contributed by atoms with E-state index in [9.17, 15) is 4.79 Å². The Morgan fingerprint density at radius 2 is 2.05 bits per heavy atom. The average Bonchev–Trinajstić information content (AvgIpc) is 2.87. The number of methoxy groups -OCH3 is 1. The number of hydrogen-bond acceptors (Lipinski definition) is 6. The van der Waals surface area contributed by atoms with Crippen molar-refractivity contribution in [3.8, 4) is 11.5 Å². The minimum absolute atomic E-state index is 0.322. The normalized spacial score (nSPS) is 12.2. The van der Waals surface area contributed by atoms with Crippen molar-refractivity contribution in [1.82, 2.24) is 10.2 Å². The number of benzene rings is 1. The Balaban J connectivity index is 2.11. The van der Waals surface area contributed by atoms with Crippen LogP contribution in [0.1, 0.15) is 6.92 Å². The number of aromatic nitrogens is 2. The highest BCUT2D eigenvalue weighted by atomic mass is 35.5. The van der Waals surface area contributed by atoms with E-state index in [2.05, 4.69) is 14.9 Å². The zero-order valence-electron chi connectivity index (χ0n) is 10.3. The Morgan fingerprint density at radius 3 is 2.68 bits per heavy atom. The van der Waals surface area contributed by atoms with Gasteiger partial charge in [0.1, 0.15) is 5.25 Å². The van der Waals surface area contributed by atoms with Gasteiger partial charge in [-0.3, -0.25) is 4.79 Å². The van der Waals surface area contributed by atoms with E-state index in [1.807, 2.05) is 0 Å². The molecule has 0 saturated heterocycles. The first kappa shape index (κ1) is 13.9. The molecule has 0 unspecified atom stereocenters. The molecular formula is C12H11ClN2O3S. The van der Waals surface area contributed by atoms with Crippen LogP contribution in [-0.4, -0.2) is 28.5 Å². The number of nitrogens with zero attached hydrogens (tertiary/aromatic N) is 2. The molecular weight excluding hydrogens is 288 g/mol. The van der Waals surface area contributed by atoms with Crippen LogP contribution in [0.3, 0.4) is 0 Å². The lowest BCUT2D eigenvalue weighted by Gasteiger charge is -2.04. The molecule has 0 saturated carbocycles. The highest BCUT2D eigenvalue weighted by Gasteiger charge is 2.18. The summed E-state index contributed by atoms with van der Waals surface area (Å²) in [7, 11) is 1.34. The Hall–Kier alpha value is -1.53. The lowest BCUT2D eigenvalue weighted by Crippen LogP contribution is -2.14. The molecule has 0 spiro atoms. The monoisotopic (exact) mass is 298 g/mol. The third-order valence-corrected chi connectivity index (χ3v) is 3.47. The Labute approximate surface area is 119 Å². The summed E-state index contributed by atoms with van der Waals surface area (Å²) < 4.78 is 10.1. The highest BCUT2D eigenvalue weighted by molar-refractivity contribution is 8.00. The van der Waals surface area contributed by atoms with Crippen molar-refractivity contribution < 1.29 is 13.9 Å². The van der Waals surface area contributed by atoms with Gasteiger partial charge in [0, 0.05) is 10.6 Å². The number of carbonyl (C=O) groups is 1. The van der Waals surface area contributed by atoms with Crippen LogP contribution in [-0.2, 0) is 9.53 Å². The number of hydrogen-bond donors (Lipinski definition) is 0. The number of rotatable bonds is 4. The van der Waals surface area contributed by atoms with Crippen molar-refractivity contribution in [2.24, 2.45) is 0 Å². The maximum atomic E-state index is 11.3. The van der Waals surface area contributed by atoms with Crippen molar-refractivity contribution in [2.75, 3.05) is 7.11 Å². The second-order valence-electron chi connectivity index (χ2n) is 3.66. The summed E-state index contributed by atoms with van der Waals surface area (Å²) in [4.78, 5) is 11.3. The third-order valence-electron chi connectivity index (χ3n) is 2.31. The summed E-state index contributed by atoms with van der Waals surface area (Å²) >= 11 is 6.96. The van der Waals surface area contributed by atoms with E-state index in [0.29, 0.717) is 16.1 Å². The Bertz CT molecular complexity index is 571. The van der Waals surface area contributed by atoms with Crippen molar-refractivity contribution >= 4 is 29.3 Å². The smallest absolute Gasteiger partial charge is 0.319 e. The van der Waals surface area contributed by atoms with E-state index in [1.165, 1.54) is 7.11 Å². The first-order chi connectivity index (χ1) is 9.10. The molecule has 0 radical (unpaired) electrons. The van der Waals surface area contributed by atoms with Crippen LogP contribution < -0.4 is 0 Å². The van der Waals surface area contributed by atoms with Crippen LogP contribution in [0.5, 0.6) is 0 Å². The van der Waals surface area contributed by atoms with E-state index in [1.54, 1.807) is 31.2 Å². The standard InChI is InChI=1S/C12H11ClN2O3S/c1-7(11(16)17-2)19-12-15-14-10(18-12)8-3-5-9(13)6-4-8/h3-7H,1-2H3/t7-/m0/s1. The maximum Gasteiger partial charge on any atom is 0.319 e. The highest BCUT2D eigenvalue weighted by Crippen LogP contribution is 2.27. The van der Waals surface area contributed by atoms with Crippen LogP contribution in [0.2, 0.25) is 5.02 Å². The van der Waals surface area contributed by atoms with Crippen molar-refractivity contribution in [2.45, 2.75) is 17.4 Å². The fraction of sp³-hybridized carbons (Fsp3) is 0.250. The van der Waals surface area contributed by atoms with Gasteiger partial charge in [-0.25, -0.2) is 0 Å². The summed E-state index contributed by atoms with van der Waals surface area (Å²) in [5.41, 5.74) is 0.773. The molecule has 2 rings (SSSR count). The molecule has 0 bridgehead atoms. The molecule has 0 aliphatic rings. The molecule has 1 aromatic heterocycles. The summed E-state index contributed by atoms with van der Waals surface area (Å²) in [5.74, 6) is 0.0486. The first-order valence-electron chi connectivity index (χ1n) is 5.44. The Morgan fingerprint density at radius 1 is 1.37 bits per heavy atom. The van der Waals surface area contributed by atoms with E-state index in [0.717, 1.165) is 17.3 Å².